The van der Waals surface area contributed by atoms with Gasteiger partial charge in [0.25, 0.3) is 0 Å². The number of benzene rings is 1. The van der Waals surface area contributed by atoms with E-state index in [0.717, 1.165) is 22.8 Å². The standard InChI is InChI=1S/C17H22N2OS/c1-11(2)20-14-9-7-6-8-12(14)13-10-15(21)19-16(18-13)17(3,4)5/h6-11H,1-5H3,(H,18,19,21). The van der Waals surface area contributed by atoms with Crippen molar-refractivity contribution in [3.8, 4) is 17.0 Å². The lowest BCUT2D eigenvalue weighted by atomic mass is 9.95. The molecule has 0 saturated heterocycles. The molecule has 0 aliphatic rings. The van der Waals surface area contributed by atoms with Crippen molar-refractivity contribution < 1.29 is 4.74 Å². The lowest BCUT2D eigenvalue weighted by Gasteiger charge is -2.19. The lowest BCUT2D eigenvalue weighted by Crippen LogP contribution is -2.16. The highest BCUT2D eigenvalue weighted by molar-refractivity contribution is 7.71. The number of nitrogens with one attached hydrogen (secondary N) is 1. The Morgan fingerprint density at radius 3 is 2.48 bits per heavy atom. The molecule has 4 heteroatoms. The summed E-state index contributed by atoms with van der Waals surface area (Å²) in [5.74, 6) is 1.73. The Balaban J connectivity index is 2.57. The van der Waals surface area contributed by atoms with Crippen LogP contribution in [0.3, 0.4) is 0 Å². The maximum atomic E-state index is 5.89. The normalized spacial score (nSPS) is 11.7. The van der Waals surface area contributed by atoms with Crippen LogP contribution in [0.25, 0.3) is 11.3 Å². The van der Waals surface area contributed by atoms with Crippen molar-refractivity contribution in [2.45, 2.75) is 46.1 Å². The number of aromatic amines is 1. The van der Waals surface area contributed by atoms with E-state index in [2.05, 4.69) is 30.7 Å². The third-order valence-corrected chi connectivity index (χ3v) is 3.20. The molecule has 112 valence electrons. The smallest absolute Gasteiger partial charge is 0.130 e. The monoisotopic (exact) mass is 302 g/mol. The molecule has 0 amide bonds. The van der Waals surface area contributed by atoms with Crippen LogP contribution < -0.4 is 4.74 Å². The number of H-pyrrole nitrogens is 1. The molecule has 0 aliphatic carbocycles. The minimum atomic E-state index is -0.0859. The van der Waals surface area contributed by atoms with Crippen LogP contribution in [-0.2, 0) is 5.41 Å². The minimum Gasteiger partial charge on any atom is -0.490 e. The third-order valence-electron chi connectivity index (χ3n) is 2.99. The van der Waals surface area contributed by atoms with Crippen LogP contribution in [-0.4, -0.2) is 16.1 Å². The molecule has 1 aromatic carbocycles. The van der Waals surface area contributed by atoms with Gasteiger partial charge >= 0.3 is 0 Å². The van der Waals surface area contributed by atoms with E-state index in [-0.39, 0.29) is 11.5 Å². The second kappa shape index (κ2) is 5.98. The average molecular weight is 302 g/mol. The molecule has 2 rings (SSSR count). The first-order valence-corrected chi connectivity index (χ1v) is 7.56. The minimum absolute atomic E-state index is 0.0859. The summed E-state index contributed by atoms with van der Waals surface area (Å²) in [6.45, 7) is 10.4. The van der Waals surface area contributed by atoms with E-state index in [4.69, 9.17) is 17.0 Å². The first kappa shape index (κ1) is 15.7. The molecule has 0 atom stereocenters. The fourth-order valence-electron chi connectivity index (χ4n) is 2.00. The third kappa shape index (κ3) is 3.91. The topological polar surface area (TPSA) is 37.9 Å². The van der Waals surface area contributed by atoms with Crippen LogP contribution in [0.4, 0.5) is 0 Å². The van der Waals surface area contributed by atoms with Crippen LogP contribution in [0.5, 0.6) is 5.75 Å². The van der Waals surface area contributed by atoms with Gasteiger partial charge in [-0.3, -0.25) is 0 Å². The van der Waals surface area contributed by atoms with Gasteiger partial charge in [0.1, 0.15) is 16.2 Å². The van der Waals surface area contributed by atoms with Crippen molar-refractivity contribution >= 4 is 12.2 Å². The van der Waals surface area contributed by atoms with Crippen LogP contribution in [0.15, 0.2) is 30.3 Å². The van der Waals surface area contributed by atoms with Crippen LogP contribution in [0, 0.1) is 4.64 Å². The van der Waals surface area contributed by atoms with E-state index < -0.39 is 0 Å². The van der Waals surface area contributed by atoms with Crippen molar-refractivity contribution in [2.24, 2.45) is 0 Å². The summed E-state index contributed by atoms with van der Waals surface area (Å²) in [7, 11) is 0. The predicted octanol–water partition coefficient (Wildman–Crippen LogP) is 4.89. The van der Waals surface area contributed by atoms with Gasteiger partial charge in [0, 0.05) is 11.0 Å². The molecular weight excluding hydrogens is 280 g/mol. The van der Waals surface area contributed by atoms with Gasteiger partial charge in [-0.05, 0) is 32.0 Å². The highest BCUT2D eigenvalue weighted by Gasteiger charge is 2.18. The molecular formula is C17H22N2OS. The Morgan fingerprint density at radius 1 is 1.19 bits per heavy atom. The van der Waals surface area contributed by atoms with Gasteiger partial charge < -0.3 is 9.72 Å². The van der Waals surface area contributed by atoms with Gasteiger partial charge in [-0.25, -0.2) is 4.98 Å². The van der Waals surface area contributed by atoms with Crippen molar-refractivity contribution in [3.05, 3.63) is 40.8 Å². The van der Waals surface area contributed by atoms with Crippen molar-refractivity contribution in [1.29, 1.82) is 0 Å². The summed E-state index contributed by atoms with van der Waals surface area (Å²) in [4.78, 5) is 7.84. The van der Waals surface area contributed by atoms with E-state index in [9.17, 15) is 0 Å². The molecule has 0 saturated carbocycles. The number of hydrogen-bond acceptors (Lipinski definition) is 3. The van der Waals surface area contributed by atoms with Crippen LogP contribution in [0.2, 0.25) is 0 Å². The quantitative estimate of drug-likeness (QED) is 0.820. The molecule has 1 heterocycles. The first-order valence-electron chi connectivity index (χ1n) is 7.15. The zero-order chi connectivity index (χ0) is 15.6. The largest absolute Gasteiger partial charge is 0.490 e. The lowest BCUT2D eigenvalue weighted by molar-refractivity contribution is 0.243. The summed E-state index contributed by atoms with van der Waals surface area (Å²) in [6, 6.07) is 9.86. The zero-order valence-electron chi connectivity index (χ0n) is 13.2. The fraction of sp³-hybridized carbons (Fsp3) is 0.412. The van der Waals surface area contributed by atoms with E-state index >= 15 is 0 Å². The van der Waals surface area contributed by atoms with E-state index in [1.807, 2.05) is 44.2 Å². The second-order valence-corrected chi connectivity index (χ2v) is 6.81. The number of hydrogen-bond donors (Lipinski definition) is 1. The Morgan fingerprint density at radius 2 is 1.86 bits per heavy atom. The summed E-state index contributed by atoms with van der Waals surface area (Å²) in [5.41, 5.74) is 1.86. The van der Waals surface area contributed by atoms with Crippen LogP contribution in [0.1, 0.15) is 40.4 Å². The Labute approximate surface area is 131 Å². The molecule has 0 spiro atoms. The fourth-order valence-corrected chi connectivity index (χ4v) is 2.21. The maximum Gasteiger partial charge on any atom is 0.130 e. The number of para-hydroxylation sites is 1. The molecule has 1 aromatic heterocycles. The second-order valence-electron chi connectivity index (χ2n) is 6.39. The van der Waals surface area contributed by atoms with Gasteiger partial charge in [-0.15, -0.1) is 0 Å². The van der Waals surface area contributed by atoms with Crippen LogP contribution >= 0.6 is 12.2 Å². The molecule has 0 unspecified atom stereocenters. The molecule has 0 aliphatic heterocycles. The van der Waals surface area contributed by atoms with E-state index in [1.54, 1.807) is 0 Å². The number of ether oxygens (including phenoxy) is 1. The van der Waals surface area contributed by atoms with Gasteiger partial charge in [0.2, 0.25) is 0 Å². The number of aromatic nitrogens is 2. The average Bonchev–Trinajstić information content (AvgIpc) is 2.37. The zero-order valence-corrected chi connectivity index (χ0v) is 14.0. The van der Waals surface area contributed by atoms with Gasteiger partial charge in [-0.1, -0.05) is 45.1 Å². The summed E-state index contributed by atoms with van der Waals surface area (Å²) >= 11 is 5.32. The van der Waals surface area contributed by atoms with Gasteiger partial charge in [-0.2, -0.15) is 0 Å². The molecule has 2 aromatic rings. The maximum absolute atomic E-state index is 5.89. The SMILES string of the molecule is CC(C)Oc1ccccc1-c1cc(=S)nc(C(C)(C)C)[nH]1. The summed E-state index contributed by atoms with van der Waals surface area (Å²) < 4.78 is 6.48. The van der Waals surface area contributed by atoms with Crippen molar-refractivity contribution in [2.75, 3.05) is 0 Å². The van der Waals surface area contributed by atoms with Gasteiger partial charge in [0.15, 0.2) is 0 Å². The Kier molecular flexibility index (Phi) is 4.47. The molecule has 0 radical (unpaired) electrons. The predicted molar refractivity (Wildman–Crippen MR) is 89.3 cm³/mol. The van der Waals surface area contributed by atoms with E-state index in [0.29, 0.717) is 4.64 Å². The molecule has 3 nitrogen and oxygen atoms in total. The first-order chi connectivity index (χ1) is 9.77. The molecule has 0 bridgehead atoms. The molecule has 1 N–H and O–H groups in total. The summed E-state index contributed by atoms with van der Waals surface area (Å²) in [6.07, 6.45) is 0.123. The highest BCUT2D eigenvalue weighted by Crippen LogP contribution is 2.30. The van der Waals surface area contributed by atoms with Gasteiger partial charge in [0.05, 0.1) is 11.8 Å². The summed E-state index contributed by atoms with van der Waals surface area (Å²) in [5, 5.41) is 0. The Bertz CT molecular complexity index is 684. The highest BCUT2D eigenvalue weighted by atomic mass is 32.1. The van der Waals surface area contributed by atoms with Crippen molar-refractivity contribution in [1.82, 2.24) is 9.97 Å². The molecule has 21 heavy (non-hydrogen) atoms. The molecule has 0 fully saturated rings. The van der Waals surface area contributed by atoms with E-state index in [1.165, 1.54) is 0 Å². The Hall–Kier alpha value is -1.68. The van der Waals surface area contributed by atoms with Crippen molar-refractivity contribution in [3.63, 3.8) is 0 Å². The number of nitrogens with zero attached hydrogens (tertiary/aromatic N) is 1. The number of rotatable bonds is 3.